The van der Waals surface area contributed by atoms with Gasteiger partial charge in [-0.25, -0.2) is 0 Å². The smallest absolute Gasteiger partial charge is 0.252 e. The zero-order chi connectivity index (χ0) is 17.6. The van der Waals surface area contributed by atoms with E-state index < -0.39 is 0 Å². The van der Waals surface area contributed by atoms with Crippen molar-refractivity contribution in [1.29, 1.82) is 0 Å². The highest BCUT2D eigenvalue weighted by molar-refractivity contribution is 7.12. The second kappa shape index (κ2) is 7.94. The Morgan fingerprint density at radius 1 is 1.16 bits per heavy atom. The monoisotopic (exact) mass is 352 g/mol. The van der Waals surface area contributed by atoms with E-state index in [1.807, 2.05) is 56.3 Å². The first-order valence-corrected chi connectivity index (χ1v) is 8.89. The van der Waals surface area contributed by atoms with Gasteiger partial charge in [-0.15, -0.1) is 11.3 Å². The molecule has 0 aliphatic heterocycles. The van der Waals surface area contributed by atoms with Crippen molar-refractivity contribution in [2.24, 2.45) is 0 Å². The quantitative estimate of drug-likeness (QED) is 0.721. The maximum absolute atomic E-state index is 12.2. The Labute approximate surface area is 151 Å². The van der Waals surface area contributed by atoms with Gasteiger partial charge >= 0.3 is 0 Å². The second-order valence-corrected chi connectivity index (χ2v) is 7.26. The summed E-state index contributed by atoms with van der Waals surface area (Å²) in [4.78, 5) is 18.5. The van der Waals surface area contributed by atoms with Crippen molar-refractivity contribution >= 4 is 17.2 Å². The lowest BCUT2D eigenvalue weighted by Crippen LogP contribution is -2.22. The van der Waals surface area contributed by atoms with Crippen molar-refractivity contribution in [3.63, 3.8) is 0 Å². The van der Waals surface area contributed by atoms with Crippen LogP contribution in [-0.4, -0.2) is 10.9 Å². The van der Waals surface area contributed by atoms with Gasteiger partial charge in [-0.3, -0.25) is 9.78 Å². The first-order valence-electron chi connectivity index (χ1n) is 8.07. The summed E-state index contributed by atoms with van der Waals surface area (Å²) in [5.41, 5.74) is 2.82. The molecular weight excluding hydrogens is 332 g/mol. The summed E-state index contributed by atoms with van der Waals surface area (Å²) < 4.78 is 5.73. The zero-order valence-corrected chi connectivity index (χ0v) is 15.1. The summed E-state index contributed by atoms with van der Waals surface area (Å²) in [5.74, 6) is 0.766. The predicted octanol–water partition coefficient (Wildman–Crippen LogP) is 4.27. The van der Waals surface area contributed by atoms with Crippen molar-refractivity contribution in [3.8, 4) is 5.75 Å². The lowest BCUT2D eigenvalue weighted by Gasteiger charge is -2.08. The molecule has 5 heteroatoms. The van der Waals surface area contributed by atoms with E-state index in [4.69, 9.17) is 4.74 Å². The maximum Gasteiger partial charge on any atom is 0.252 e. The van der Waals surface area contributed by atoms with Crippen LogP contribution in [0.3, 0.4) is 0 Å². The van der Waals surface area contributed by atoms with Gasteiger partial charge < -0.3 is 10.1 Å². The van der Waals surface area contributed by atoms with E-state index in [9.17, 15) is 4.79 Å². The number of pyridine rings is 1. The van der Waals surface area contributed by atoms with E-state index in [0.29, 0.717) is 13.2 Å². The molecule has 0 bridgehead atoms. The molecule has 0 saturated heterocycles. The van der Waals surface area contributed by atoms with E-state index in [1.54, 1.807) is 23.7 Å². The van der Waals surface area contributed by atoms with Gasteiger partial charge in [0.15, 0.2) is 0 Å². The van der Waals surface area contributed by atoms with Crippen LogP contribution in [0, 0.1) is 13.8 Å². The van der Waals surface area contributed by atoms with Gasteiger partial charge in [-0.05, 0) is 43.7 Å². The number of carbonyl (C=O) groups excluding carboxylic acids is 1. The highest BCUT2D eigenvalue weighted by Gasteiger charge is 2.11. The third kappa shape index (κ3) is 4.67. The van der Waals surface area contributed by atoms with Gasteiger partial charge in [-0.1, -0.05) is 18.2 Å². The predicted molar refractivity (Wildman–Crippen MR) is 100.0 cm³/mol. The molecule has 1 N–H and O–H groups in total. The number of rotatable bonds is 6. The van der Waals surface area contributed by atoms with Gasteiger partial charge in [0.05, 0.1) is 5.56 Å². The van der Waals surface area contributed by atoms with Crippen molar-refractivity contribution < 1.29 is 9.53 Å². The molecule has 25 heavy (non-hydrogen) atoms. The Balaban J connectivity index is 1.52. The van der Waals surface area contributed by atoms with Crippen LogP contribution < -0.4 is 10.1 Å². The summed E-state index contributed by atoms with van der Waals surface area (Å²) in [5, 5.41) is 2.97. The highest BCUT2D eigenvalue weighted by atomic mass is 32.1. The minimum Gasteiger partial charge on any atom is -0.489 e. The average molecular weight is 352 g/mol. The third-order valence-corrected chi connectivity index (χ3v) is 4.76. The first kappa shape index (κ1) is 17.2. The molecule has 3 aromatic rings. The molecule has 0 aliphatic carbocycles. The van der Waals surface area contributed by atoms with Crippen LogP contribution in [0.2, 0.25) is 0 Å². The average Bonchev–Trinajstić information content (AvgIpc) is 2.98. The van der Waals surface area contributed by atoms with Crippen LogP contribution in [0.4, 0.5) is 0 Å². The lowest BCUT2D eigenvalue weighted by atomic mass is 10.2. The Bertz CT molecular complexity index is 842. The summed E-state index contributed by atoms with van der Waals surface area (Å²) in [6.07, 6.45) is 3.53. The lowest BCUT2D eigenvalue weighted by molar-refractivity contribution is 0.0951. The van der Waals surface area contributed by atoms with Crippen LogP contribution in [0.15, 0.2) is 54.9 Å². The molecule has 0 saturated carbocycles. The Morgan fingerprint density at radius 3 is 2.60 bits per heavy atom. The van der Waals surface area contributed by atoms with E-state index in [2.05, 4.69) is 10.3 Å². The summed E-state index contributed by atoms with van der Waals surface area (Å²) in [6, 6.07) is 13.6. The molecule has 0 atom stereocenters. The molecule has 1 aromatic carbocycles. The number of amides is 1. The standard InChI is InChI=1S/C20H20N2O2S/c1-14-10-19(15(2)25-14)20(23)22-12-16-5-7-18(8-6-16)24-13-17-4-3-9-21-11-17/h3-11H,12-13H2,1-2H3,(H,22,23). The number of thiophene rings is 1. The van der Waals surface area contributed by atoms with Crippen LogP contribution in [-0.2, 0) is 13.2 Å². The third-order valence-electron chi connectivity index (χ3n) is 3.79. The molecule has 0 spiro atoms. The number of ether oxygens (including phenoxy) is 1. The molecule has 3 rings (SSSR count). The van der Waals surface area contributed by atoms with E-state index in [1.165, 1.54) is 0 Å². The van der Waals surface area contributed by atoms with Gasteiger partial charge in [0.25, 0.3) is 5.91 Å². The summed E-state index contributed by atoms with van der Waals surface area (Å²) >= 11 is 1.64. The molecule has 1 amide bonds. The summed E-state index contributed by atoms with van der Waals surface area (Å²) in [6.45, 7) is 4.97. The number of hydrogen-bond donors (Lipinski definition) is 1. The molecule has 2 heterocycles. The molecule has 4 nitrogen and oxygen atoms in total. The van der Waals surface area contributed by atoms with Gasteiger partial charge in [0, 0.05) is 34.3 Å². The minimum absolute atomic E-state index is 0.0289. The fourth-order valence-corrected chi connectivity index (χ4v) is 3.41. The zero-order valence-electron chi connectivity index (χ0n) is 14.3. The molecule has 2 aromatic heterocycles. The second-order valence-electron chi connectivity index (χ2n) is 5.80. The topological polar surface area (TPSA) is 51.2 Å². The first-order chi connectivity index (χ1) is 12.1. The fourth-order valence-electron chi connectivity index (χ4n) is 2.49. The van der Waals surface area contributed by atoms with Gasteiger partial charge in [-0.2, -0.15) is 0 Å². The van der Waals surface area contributed by atoms with Gasteiger partial charge in [0.2, 0.25) is 0 Å². The van der Waals surface area contributed by atoms with E-state index >= 15 is 0 Å². The number of nitrogens with one attached hydrogen (secondary N) is 1. The minimum atomic E-state index is -0.0289. The van der Waals surface area contributed by atoms with Gasteiger partial charge in [0.1, 0.15) is 12.4 Å². The fraction of sp³-hybridized carbons (Fsp3) is 0.200. The van der Waals surface area contributed by atoms with Crippen LogP contribution in [0.5, 0.6) is 5.75 Å². The molecule has 0 aliphatic rings. The number of carbonyl (C=O) groups is 1. The molecular formula is C20H20N2O2S. The van der Waals surface area contributed by atoms with Crippen molar-refractivity contribution in [2.45, 2.75) is 27.0 Å². The van der Waals surface area contributed by atoms with Crippen molar-refractivity contribution in [2.75, 3.05) is 0 Å². The maximum atomic E-state index is 12.2. The Hall–Kier alpha value is -2.66. The Morgan fingerprint density at radius 2 is 1.96 bits per heavy atom. The number of aromatic nitrogens is 1. The largest absolute Gasteiger partial charge is 0.489 e. The number of benzene rings is 1. The number of hydrogen-bond acceptors (Lipinski definition) is 4. The summed E-state index contributed by atoms with van der Waals surface area (Å²) in [7, 11) is 0. The molecule has 0 fully saturated rings. The van der Waals surface area contributed by atoms with Crippen molar-refractivity contribution in [3.05, 3.63) is 81.3 Å². The van der Waals surface area contributed by atoms with Crippen molar-refractivity contribution in [1.82, 2.24) is 10.3 Å². The van der Waals surface area contributed by atoms with Crippen LogP contribution in [0.1, 0.15) is 31.2 Å². The SMILES string of the molecule is Cc1cc(C(=O)NCc2ccc(OCc3cccnc3)cc2)c(C)s1. The Kier molecular flexibility index (Phi) is 5.46. The molecule has 128 valence electrons. The van der Waals surface area contributed by atoms with Crippen LogP contribution >= 0.6 is 11.3 Å². The molecule has 0 radical (unpaired) electrons. The highest BCUT2D eigenvalue weighted by Crippen LogP contribution is 2.20. The normalized spacial score (nSPS) is 10.5. The van der Waals surface area contributed by atoms with Crippen LogP contribution in [0.25, 0.3) is 0 Å². The number of nitrogens with zero attached hydrogens (tertiary/aromatic N) is 1. The van der Waals surface area contributed by atoms with E-state index in [0.717, 1.165) is 32.2 Å². The number of aryl methyl sites for hydroxylation is 2. The molecule has 0 unspecified atom stereocenters. The van der Waals surface area contributed by atoms with E-state index in [-0.39, 0.29) is 5.91 Å².